The molecule has 1 aliphatic heterocycles. The van der Waals surface area contributed by atoms with Gasteiger partial charge < -0.3 is 10.2 Å². The maximum absolute atomic E-state index is 13.6. The fourth-order valence-corrected chi connectivity index (χ4v) is 4.74. The Morgan fingerprint density at radius 2 is 2.17 bits per heavy atom. The zero-order chi connectivity index (χ0) is 15.8. The molecule has 0 bridgehead atoms. The van der Waals surface area contributed by atoms with Gasteiger partial charge in [0, 0.05) is 24.5 Å². The van der Waals surface area contributed by atoms with Crippen molar-refractivity contribution in [2.75, 3.05) is 19.6 Å². The first-order valence-electron chi connectivity index (χ1n) is 8.11. The van der Waals surface area contributed by atoms with Crippen molar-refractivity contribution < 1.29 is 9.18 Å². The maximum Gasteiger partial charge on any atom is 0.264 e. The molecule has 1 aliphatic carbocycles. The average molecular weight is 367 g/mol. The van der Waals surface area contributed by atoms with Crippen molar-refractivity contribution in [3.05, 3.63) is 57.0 Å². The number of carbonyl (C=O) groups excluding carboxylic acids is 1. The highest BCUT2D eigenvalue weighted by molar-refractivity contribution is 7.14. The fraction of sp³-hybridized carbons (Fsp3) is 0.389. The van der Waals surface area contributed by atoms with Crippen LogP contribution >= 0.6 is 23.7 Å². The number of benzene rings is 1. The molecule has 2 heterocycles. The summed E-state index contributed by atoms with van der Waals surface area (Å²) in [5.74, 6) is -0.171. The van der Waals surface area contributed by atoms with Crippen molar-refractivity contribution in [1.29, 1.82) is 0 Å². The highest BCUT2D eigenvalue weighted by atomic mass is 35.5. The number of hydrogen-bond acceptors (Lipinski definition) is 3. The Labute approximate surface area is 151 Å². The van der Waals surface area contributed by atoms with Crippen molar-refractivity contribution in [3.8, 4) is 0 Å². The van der Waals surface area contributed by atoms with E-state index in [0.717, 1.165) is 29.8 Å². The summed E-state index contributed by atoms with van der Waals surface area (Å²) in [6.45, 7) is 2.10. The van der Waals surface area contributed by atoms with Gasteiger partial charge in [0.05, 0.1) is 10.9 Å². The number of amides is 1. The normalized spacial score (nSPS) is 19.7. The summed E-state index contributed by atoms with van der Waals surface area (Å²) >= 11 is 1.64. The zero-order valence-electron chi connectivity index (χ0n) is 13.3. The van der Waals surface area contributed by atoms with Gasteiger partial charge in [-0.05, 0) is 48.6 Å². The lowest BCUT2D eigenvalue weighted by molar-refractivity contribution is 0.0639. The van der Waals surface area contributed by atoms with Gasteiger partial charge in [0.2, 0.25) is 0 Å². The van der Waals surface area contributed by atoms with Crippen LogP contribution in [0.4, 0.5) is 4.39 Å². The largest absolute Gasteiger partial charge is 0.328 e. The Kier molecular flexibility index (Phi) is 5.23. The predicted octanol–water partition coefficient (Wildman–Crippen LogP) is 3.58. The number of piperazine rings is 1. The van der Waals surface area contributed by atoms with Crippen molar-refractivity contribution in [2.24, 2.45) is 0 Å². The van der Waals surface area contributed by atoms with Crippen LogP contribution in [0.2, 0.25) is 0 Å². The third kappa shape index (κ3) is 3.21. The van der Waals surface area contributed by atoms with Crippen LogP contribution in [0.5, 0.6) is 0 Å². The first-order chi connectivity index (χ1) is 11.2. The van der Waals surface area contributed by atoms with E-state index in [2.05, 4.69) is 11.4 Å². The number of halogens is 2. The molecule has 3 nitrogen and oxygen atoms in total. The van der Waals surface area contributed by atoms with Gasteiger partial charge in [-0.2, -0.15) is 0 Å². The first kappa shape index (κ1) is 17.4. The lowest BCUT2D eigenvalue weighted by Crippen LogP contribution is -2.48. The number of nitrogens with zero attached hydrogens (tertiary/aromatic N) is 1. The summed E-state index contributed by atoms with van der Waals surface area (Å²) < 4.78 is 13.6. The lowest BCUT2D eigenvalue weighted by Gasteiger charge is -2.36. The first-order valence-corrected chi connectivity index (χ1v) is 8.93. The van der Waals surface area contributed by atoms with Gasteiger partial charge in [0.15, 0.2) is 0 Å². The van der Waals surface area contributed by atoms with Gasteiger partial charge in [0.1, 0.15) is 5.82 Å². The van der Waals surface area contributed by atoms with E-state index in [0.29, 0.717) is 13.1 Å². The second-order valence-electron chi connectivity index (χ2n) is 6.19. The van der Waals surface area contributed by atoms with Crippen LogP contribution in [0.15, 0.2) is 30.3 Å². The van der Waals surface area contributed by atoms with Gasteiger partial charge in [-0.3, -0.25) is 4.79 Å². The van der Waals surface area contributed by atoms with E-state index in [4.69, 9.17) is 0 Å². The quantitative estimate of drug-likeness (QED) is 0.881. The van der Waals surface area contributed by atoms with Gasteiger partial charge >= 0.3 is 0 Å². The second kappa shape index (κ2) is 7.21. The van der Waals surface area contributed by atoms with Gasteiger partial charge in [-0.25, -0.2) is 4.39 Å². The summed E-state index contributed by atoms with van der Waals surface area (Å²) in [6.07, 6.45) is 3.39. The molecule has 1 N–H and O–H groups in total. The molecule has 1 unspecified atom stereocenters. The zero-order valence-corrected chi connectivity index (χ0v) is 14.9. The minimum atomic E-state index is -0.254. The van der Waals surface area contributed by atoms with E-state index in [1.807, 2.05) is 11.0 Å². The summed E-state index contributed by atoms with van der Waals surface area (Å²) in [7, 11) is 0. The van der Waals surface area contributed by atoms with Crippen molar-refractivity contribution in [2.45, 2.75) is 25.3 Å². The van der Waals surface area contributed by atoms with E-state index >= 15 is 0 Å². The number of fused-ring (bicyclic) bond motifs is 1. The molecular weight excluding hydrogens is 347 g/mol. The van der Waals surface area contributed by atoms with Gasteiger partial charge in [0.25, 0.3) is 5.91 Å². The minimum Gasteiger partial charge on any atom is -0.328 e. The van der Waals surface area contributed by atoms with Crippen molar-refractivity contribution >= 4 is 29.7 Å². The second-order valence-corrected chi connectivity index (χ2v) is 7.32. The third-order valence-corrected chi connectivity index (χ3v) is 5.92. The molecule has 1 amide bonds. The van der Waals surface area contributed by atoms with Crippen LogP contribution in [0, 0.1) is 5.82 Å². The summed E-state index contributed by atoms with van der Waals surface area (Å²) in [6, 6.07) is 8.54. The highest BCUT2D eigenvalue weighted by Crippen LogP contribution is 2.33. The molecular formula is C18H20ClFN2OS. The van der Waals surface area contributed by atoms with Crippen molar-refractivity contribution in [1.82, 2.24) is 10.2 Å². The number of carbonyl (C=O) groups is 1. The van der Waals surface area contributed by atoms with Gasteiger partial charge in [-0.15, -0.1) is 23.7 Å². The Bertz CT molecular complexity index is 727. The highest BCUT2D eigenvalue weighted by Gasteiger charge is 2.30. The van der Waals surface area contributed by atoms with Crippen molar-refractivity contribution in [3.63, 3.8) is 0 Å². The average Bonchev–Trinajstić information content (AvgIpc) is 3.16. The van der Waals surface area contributed by atoms with E-state index in [-0.39, 0.29) is 30.2 Å². The molecule has 2 aromatic rings. The number of rotatable bonds is 2. The maximum atomic E-state index is 13.6. The summed E-state index contributed by atoms with van der Waals surface area (Å²) in [4.78, 5) is 17.1. The SMILES string of the molecule is Cl.O=C(c1cc2c(s1)CCC2)N1CCNCC1c1cccc(F)c1. The number of thiophene rings is 1. The van der Waals surface area contributed by atoms with Crippen LogP contribution in [-0.2, 0) is 12.8 Å². The minimum absolute atomic E-state index is 0. The van der Waals surface area contributed by atoms with E-state index in [1.54, 1.807) is 17.4 Å². The van der Waals surface area contributed by atoms with E-state index in [1.165, 1.54) is 29.0 Å². The Morgan fingerprint density at radius 3 is 2.96 bits per heavy atom. The summed E-state index contributed by atoms with van der Waals surface area (Å²) in [5, 5.41) is 3.32. The molecule has 1 saturated heterocycles. The standard InChI is InChI=1S/C18H19FN2OS.ClH/c19-14-5-1-3-12(9-14)15-11-20-7-8-21(15)18(22)17-10-13-4-2-6-16(13)23-17;/h1,3,5,9-10,15,20H,2,4,6-8,11H2;1H. The third-order valence-electron chi connectivity index (χ3n) is 4.70. The number of hydrogen-bond donors (Lipinski definition) is 1. The molecule has 0 radical (unpaired) electrons. The molecule has 1 aromatic heterocycles. The molecule has 6 heteroatoms. The summed E-state index contributed by atoms with van der Waals surface area (Å²) in [5.41, 5.74) is 2.20. The smallest absolute Gasteiger partial charge is 0.264 e. The van der Waals surface area contributed by atoms with Crippen LogP contribution in [0.1, 0.15) is 38.1 Å². The molecule has 128 valence electrons. The molecule has 0 spiro atoms. The Balaban J connectivity index is 0.00000169. The Hall–Kier alpha value is -1.43. The molecule has 1 aromatic carbocycles. The number of nitrogens with one attached hydrogen (secondary N) is 1. The lowest BCUT2D eigenvalue weighted by atomic mass is 10.0. The van der Waals surface area contributed by atoms with E-state index in [9.17, 15) is 9.18 Å². The number of aryl methyl sites for hydroxylation is 2. The van der Waals surface area contributed by atoms with Crippen LogP contribution in [0.3, 0.4) is 0 Å². The molecule has 1 atom stereocenters. The fourth-order valence-electron chi connectivity index (χ4n) is 3.54. The molecule has 4 rings (SSSR count). The monoisotopic (exact) mass is 366 g/mol. The van der Waals surface area contributed by atoms with Gasteiger partial charge in [-0.1, -0.05) is 12.1 Å². The van der Waals surface area contributed by atoms with E-state index < -0.39 is 0 Å². The Morgan fingerprint density at radius 1 is 1.29 bits per heavy atom. The van der Waals surface area contributed by atoms with Crippen LogP contribution in [-0.4, -0.2) is 30.4 Å². The molecule has 2 aliphatic rings. The molecule has 1 fully saturated rings. The van der Waals surface area contributed by atoms with Crippen LogP contribution < -0.4 is 5.32 Å². The predicted molar refractivity (Wildman–Crippen MR) is 96.6 cm³/mol. The van der Waals surface area contributed by atoms with Crippen LogP contribution in [0.25, 0.3) is 0 Å². The molecule has 0 saturated carbocycles. The topological polar surface area (TPSA) is 32.3 Å². The molecule has 24 heavy (non-hydrogen) atoms.